The third-order valence-electron chi connectivity index (χ3n) is 4.73. The minimum absolute atomic E-state index is 0.231. The highest BCUT2D eigenvalue weighted by Crippen LogP contribution is 2.39. The fraction of sp³-hybridized carbons (Fsp3) is 0.150. The smallest absolute Gasteiger partial charge is 0.335 e. The van der Waals surface area contributed by atoms with Crippen molar-refractivity contribution < 1.29 is 14.3 Å². The number of H-pyrrole nitrogens is 1. The summed E-state index contributed by atoms with van der Waals surface area (Å²) < 4.78 is 14.7. The largest absolute Gasteiger partial charge is 0.478 e. The van der Waals surface area contributed by atoms with Crippen molar-refractivity contribution in [1.82, 2.24) is 4.98 Å². The van der Waals surface area contributed by atoms with Crippen molar-refractivity contribution in [2.24, 2.45) is 0 Å². The summed E-state index contributed by atoms with van der Waals surface area (Å²) >= 11 is 0. The van der Waals surface area contributed by atoms with Crippen molar-refractivity contribution in [1.29, 1.82) is 0 Å². The van der Waals surface area contributed by atoms with E-state index in [9.17, 15) is 9.18 Å². The number of fused-ring (bicyclic) bond motifs is 5. The van der Waals surface area contributed by atoms with E-state index in [0.29, 0.717) is 17.5 Å². The average molecular weight is 321 g/mol. The van der Waals surface area contributed by atoms with E-state index in [1.54, 1.807) is 18.2 Å². The van der Waals surface area contributed by atoms with Gasteiger partial charge in [-0.3, -0.25) is 0 Å². The number of hydrogen-bond acceptors (Lipinski definition) is 1. The second-order valence-corrected chi connectivity index (χ2v) is 6.11. The highest BCUT2D eigenvalue weighted by Gasteiger charge is 2.23. The van der Waals surface area contributed by atoms with Gasteiger partial charge in [0, 0.05) is 10.9 Å². The summed E-state index contributed by atoms with van der Waals surface area (Å²) in [6.45, 7) is 3.67. The Morgan fingerprint density at radius 2 is 2.12 bits per heavy atom. The van der Waals surface area contributed by atoms with E-state index in [0.717, 1.165) is 40.6 Å². The number of allylic oxidation sites excluding steroid dienone is 1. The monoisotopic (exact) mass is 321 g/mol. The maximum absolute atomic E-state index is 14.7. The van der Waals surface area contributed by atoms with E-state index in [-0.39, 0.29) is 11.4 Å². The molecule has 0 spiro atoms. The third kappa shape index (κ3) is 2.07. The molecule has 2 N–H and O–H groups in total. The van der Waals surface area contributed by atoms with Gasteiger partial charge in [0.15, 0.2) is 5.82 Å². The normalized spacial score (nSPS) is 12.7. The minimum Gasteiger partial charge on any atom is -0.478 e. The Morgan fingerprint density at radius 3 is 2.88 bits per heavy atom. The minimum atomic E-state index is -0.930. The molecule has 120 valence electrons. The predicted octanol–water partition coefficient (Wildman–Crippen LogP) is 4.50. The quantitative estimate of drug-likeness (QED) is 0.698. The van der Waals surface area contributed by atoms with E-state index >= 15 is 0 Å². The van der Waals surface area contributed by atoms with E-state index in [4.69, 9.17) is 5.11 Å². The Kier molecular flexibility index (Phi) is 3.27. The van der Waals surface area contributed by atoms with Crippen molar-refractivity contribution in [2.75, 3.05) is 0 Å². The number of nitrogens with one attached hydrogen (secondary N) is 1. The van der Waals surface area contributed by atoms with E-state index < -0.39 is 5.97 Å². The molecule has 3 aromatic rings. The van der Waals surface area contributed by atoms with Crippen LogP contribution in [0.2, 0.25) is 0 Å². The third-order valence-corrected chi connectivity index (χ3v) is 4.73. The number of benzene rings is 2. The first-order valence-electron chi connectivity index (χ1n) is 7.89. The van der Waals surface area contributed by atoms with Crippen molar-refractivity contribution >= 4 is 16.9 Å². The van der Waals surface area contributed by atoms with Gasteiger partial charge in [-0.15, -0.1) is 6.58 Å². The molecule has 0 amide bonds. The van der Waals surface area contributed by atoms with Gasteiger partial charge in [-0.2, -0.15) is 0 Å². The number of carboxylic acids is 1. The number of aromatic nitrogens is 1. The molecule has 24 heavy (non-hydrogen) atoms. The zero-order valence-corrected chi connectivity index (χ0v) is 13.0. The fourth-order valence-electron chi connectivity index (χ4n) is 3.57. The lowest BCUT2D eigenvalue weighted by atomic mass is 9.88. The second-order valence-electron chi connectivity index (χ2n) is 6.11. The van der Waals surface area contributed by atoms with E-state index in [1.807, 2.05) is 18.2 Å². The summed E-state index contributed by atoms with van der Waals surface area (Å²) in [5.41, 5.74) is 5.38. The zero-order valence-electron chi connectivity index (χ0n) is 13.0. The lowest BCUT2D eigenvalue weighted by Gasteiger charge is -2.17. The van der Waals surface area contributed by atoms with Crippen LogP contribution in [0.5, 0.6) is 0 Å². The standard InChI is InChI=1S/C20H16FNO2/c1-2-3-11-4-8-16-15-9-5-12-10-13(20(23)24)6-7-14(12)18(15)22-19(16)17(11)21/h2,4,6-8,10,22H,1,3,5,9H2,(H,23,24). The maximum atomic E-state index is 14.7. The molecule has 2 aromatic carbocycles. The van der Waals surface area contributed by atoms with Gasteiger partial charge in [0.05, 0.1) is 16.8 Å². The number of rotatable bonds is 3. The molecule has 0 bridgehead atoms. The highest BCUT2D eigenvalue weighted by molar-refractivity contribution is 5.94. The van der Waals surface area contributed by atoms with Gasteiger partial charge in [0.2, 0.25) is 0 Å². The molecule has 1 heterocycles. The Balaban J connectivity index is 1.93. The number of aromatic amines is 1. The number of hydrogen-bond donors (Lipinski definition) is 2. The summed E-state index contributed by atoms with van der Waals surface area (Å²) in [4.78, 5) is 14.4. The lowest BCUT2D eigenvalue weighted by Crippen LogP contribution is -2.05. The molecule has 4 heteroatoms. The average Bonchev–Trinajstić information content (AvgIpc) is 2.97. The van der Waals surface area contributed by atoms with Crippen LogP contribution in [0.15, 0.2) is 43.0 Å². The van der Waals surface area contributed by atoms with Gasteiger partial charge in [-0.1, -0.05) is 24.3 Å². The van der Waals surface area contributed by atoms with Crippen LogP contribution in [-0.2, 0) is 19.3 Å². The van der Waals surface area contributed by atoms with Crippen LogP contribution in [-0.4, -0.2) is 16.1 Å². The van der Waals surface area contributed by atoms with Gasteiger partial charge in [0.25, 0.3) is 0 Å². The SMILES string of the molecule is C=CCc1ccc2c3c([nH]c2c1F)-c1ccc(C(=O)O)cc1CC3. The topological polar surface area (TPSA) is 53.1 Å². The molecular weight excluding hydrogens is 305 g/mol. The molecule has 0 unspecified atom stereocenters. The van der Waals surface area contributed by atoms with Crippen LogP contribution in [0, 0.1) is 5.82 Å². The van der Waals surface area contributed by atoms with Gasteiger partial charge < -0.3 is 10.1 Å². The zero-order chi connectivity index (χ0) is 16.8. The number of aromatic carboxylic acids is 1. The predicted molar refractivity (Wildman–Crippen MR) is 92.0 cm³/mol. The summed E-state index contributed by atoms with van der Waals surface area (Å²) in [6, 6.07) is 8.90. The number of aryl methyl sites for hydroxylation is 2. The van der Waals surface area contributed by atoms with Crippen LogP contribution in [0.25, 0.3) is 22.2 Å². The van der Waals surface area contributed by atoms with Crippen molar-refractivity contribution in [3.05, 3.63) is 71.1 Å². The molecule has 0 aliphatic heterocycles. The first-order chi connectivity index (χ1) is 11.6. The van der Waals surface area contributed by atoms with Crippen LogP contribution in [0.4, 0.5) is 4.39 Å². The highest BCUT2D eigenvalue weighted by atomic mass is 19.1. The van der Waals surface area contributed by atoms with Crippen molar-refractivity contribution in [2.45, 2.75) is 19.3 Å². The molecular formula is C20H16FNO2. The van der Waals surface area contributed by atoms with E-state index in [2.05, 4.69) is 11.6 Å². The summed E-state index contributed by atoms with van der Waals surface area (Å²) in [5, 5.41) is 10.1. The molecule has 0 atom stereocenters. The molecule has 3 nitrogen and oxygen atoms in total. The van der Waals surface area contributed by atoms with Crippen molar-refractivity contribution in [3.63, 3.8) is 0 Å². The molecule has 1 aromatic heterocycles. The van der Waals surface area contributed by atoms with Crippen molar-refractivity contribution in [3.8, 4) is 11.3 Å². The number of carboxylic acid groups (broad SMARTS) is 1. The van der Waals surface area contributed by atoms with Gasteiger partial charge in [-0.25, -0.2) is 9.18 Å². The Labute approximate surface area is 138 Å². The Morgan fingerprint density at radius 1 is 1.29 bits per heavy atom. The van der Waals surface area contributed by atoms with E-state index in [1.165, 1.54) is 0 Å². The molecule has 0 saturated heterocycles. The summed E-state index contributed by atoms with van der Waals surface area (Å²) in [6.07, 6.45) is 3.71. The molecule has 1 aliphatic carbocycles. The number of halogens is 1. The molecule has 1 aliphatic rings. The molecule has 0 radical (unpaired) electrons. The molecule has 0 fully saturated rings. The Bertz CT molecular complexity index is 1000. The van der Waals surface area contributed by atoms with Gasteiger partial charge in [0.1, 0.15) is 0 Å². The maximum Gasteiger partial charge on any atom is 0.335 e. The Hall–Kier alpha value is -2.88. The first-order valence-corrected chi connectivity index (χ1v) is 7.89. The lowest BCUT2D eigenvalue weighted by molar-refractivity contribution is 0.0697. The fourth-order valence-corrected chi connectivity index (χ4v) is 3.57. The van der Waals surface area contributed by atoms with Gasteiger partial charge in [-0.05, 0) is 48.1 Å². The molecule has 4 rings (SSSR count). The summed E-state index contributed by atoms with van der Waals surface area (Å²) in [5.74, 6) is -1.16. The first kappa shape index (κ1) is 14.7. The van der Waals surface area contributed by atoms with Crippen LogP contribution < -0.4 is 0 Å². The second kappa shape index (κ2) is 5.34. The number of carbonyl (C=O) groups is 1. The van der Waals surface area contributed by atoms with Crippen LogP contribution >= 0.6 is 0 Å². The van der Waals surface area contributed by atoms with Gasteiger partial charge >= 0.3 is 5.97 Å². The van der Waals surface area contributed by atoms with Crippen LogP contribution in [0.1, 0.15) is 27.0 Å². The molecule has 0 saturated carbocycles. The summed E-state index contributed by atoms with van der Waals surface area (Å²) in [7, 11) is 0. The van der Waals surface area contributed by atoms with Crippen LogP contribution in [0.3, 0.4) is 0 Å².